The van der Waals surface area contributed by atoms with Crippen LogP contribution in [0, 0.1) is 5.82 Å². The van der Waals surface area contributed by atoms with Crippen molar-refractivity contribution in [3.8, 4) is 17.2 Å². The summed E-state index contributed by atoms with van der Waals surface area (Å²) < 4.78 is 29.5. The van der Waals surface area contributed by atoms with Crippen LogP contribution < -0.4 is 19.5 Å². The van der Waals surface area contributed by atoms with Gasteiger partial charge in [0.25, 0.3) is 5.91 Å². The van der Waals surface area contributed by atoms with E-state index in [2.05, 4.69) is 5.32 Å². The number of carbonyl (C=O) groups is 2. The predicted molar refractivity (Wildman–Crippen MR) is 105 cm³/mol. The minimum Gasteiger partial charge on any atom is -0.486 e. The zero-order chi connectivity index (χ0) is 20.8. The lowest BCUT2D eigenvalue weighted by Crippen LogP contribution is -2.44. The maximum absolute atomic E-state index is 13.0. The van der Waals surface area contributed by atoms with Crippen LogP contribution in [-0.2, 0) is 9.59 Å². The van der Waals surface area contributed by atoms with Crippen molar-refractivity contribution < 1.29 is 28.2 Å². The Kier molecular flexibility index (Phi) is 6.54. The van der Waals surface area contributed by atoms with E-state index in [-0.39, 0.29) is 24.2 Å². The Morgan fingerprint density at radius 1 is 1.14 bits per heavy atom. The van der Waals surface area contributed by atoms with Gasteiger partial charge in [0, 0.05) is 18.3 Å². The standard InChI is InChI=1S/C21H23FN2O5/c1-3-24(21(26)14(2)29-17-7-4-15(22)5-8-17)13-20(25)23-16-6-9-18-19(12-16)28-11-10-27-18/h4-9,12,14H,3,10-11,13H2,1-2H3,(H,23,25)/t14-/m0/s1. The summed E-state index contributed by atoms with van der Waals surface area (Å²) in [6.07, 6.45) is -0.817. The first kappa shape index (κ1) is 20.4. The monoisotopic (exact) mass is 402 g/mol. The molecule has 1 heterocycles. The summed E-state index contributed by atoms with van der Waals surface area (Å²) in [4.78, 5) is 26.4. The fraction of sp³-hybridized carbons (Fsp3) is 0.333. The minimum atomic E-state index is -0.817. The summed E-state index contributed by atoms with van der Waals surface area (Å²) in [6.45, 7) is 4.53. The number of benzene rings is 2. The van der Waals surface area contributed by atoms with Crippen LogP contribution in [-0.4, -0.2) is 49.1 Å². The number of fused-ring (bicyclic) bond motifs is 1. The molecule has 0 aromatic heterocycles. The molecule has 2 aromatic carbocycles. The van der Waals surface area contributed by atoms with Gasteiger partial charge in [-0.05, 0) is 50.2 Å². The van der Waals surface area contributed by atoms with Gasteiger partial charge < -0.3 is 24.4 Å². The predicted octanol–water partition coefficient (Wildman–Crippen LogP) is 2.85. The molecule has 2 amide bonds. The van der Waals surface area contributed by atoms with Gasteiger partial charge in [-0.3, -0.25) is 9.59 Å². The number of ether oxygens (including phenoxy) is 3. The molecule has 2 aromatic rings. The van der Waals surface area contributed by atoms with E-state index in [0.29, 0.717) is 42.7 Å². The second-order valence-electron chi connectivity index (χ2n) is 6.47. The summed E-state index contributed by atoms with van der Waals surface area (Å²) >= 11 is 0. The Morgan fingerprint density at radius 3 is 2.52 bits per heavy atom. The highest BCUT2D eigenvalue weighted by Gasteiger charge is 2.23. The van der Waals surface area contributed by atoms with E-state index in [0.717, 1.165) is 0 Å². The Labute approximate surface area is 168 Å². The molecule has 0 spiro atoms. The Hall–Kier alpha value is -3.29. The van der Waals surface area contributed by atoms with Gasteiger partial charge in [-0.15, -0.1) is 0 Å². The van der Waals surface area contributed by atoms with Gasteiger partial charge in [-0.1, -0.05) is 0 Å². The highest BCUT2D eigenvalue weighted by Crippen LogP contribution is 2.32. The maximum atomic E-state index is 13.0. The van der Waals surface area contributed by atoms with Crippen LogP contribution in [0.2, 0.25) is 0 Å². The van der Waals surface area contributed by atoms with E-state index >= 15 is 0 Å². The Morgan fingerprint density at radius 2 is 1.83 bits per heavy atom. The van der Waals surface area contributed by atoms with Gasteiger partial charge in [0.1, 0.15) is 24.8 Å². The molecule has 0 fully saturated rings. The van der Waals surface area contributed by atoms with Crippen molar-refractivity contribution in [1.82, 2.24) is 4.90 Å². The van der Waals surface area contributed by atoms with Crippen LogP contribution >= 0.6 is 0 Å². The molecule has 0 radical (unpaired) electrons. The molecule has 3 rings (SSSR count). The normalized spacial score (nSPS) is 13.3. The second-order valence-corrected chi connectivity index (χ2v) is 6.47. The average Bonchev–Trinajstić information content (AvgIpc) is 2.73. The number of hydrogen-bond donors (Lipinski definition) is 1. The second kappa shape index (κ2) is 9.27. The highest BCUT2D eigenvalue weighted by molar-refractivity contribution is 5.95. The minimum absolute atomic E-state index is 0.124. The summed E-state index contributed by atoms with van der Waals surface area (Å²) in [5.74, 6) is 0.511. The molecule has 8 heteroatoms. The van der Waals surface area contributed by atoms with Crippen molar-refractivity contribution >= 4 is 17.5 Å². The zero-order valence-corrected chi connectivity index (χ0v) is 16.3. The molecular formula is C21H23FN2O5. The van der Waals surface area contributed by atoms with E-state index in [1.807, 2.05) is 0 Å². The number of likely N-dealkylation sites (N-methyl/N-ethyl adjacent to an activating group) is 1. The van der Waals surface area contributed by atoms with Gasteiger partial charge in [-0.25, -0.2) is 4.39 Å². The van der Waals surface area contributed by atoms with Crippen molar-refractivity contribution in [3.05, 3.63) is 48.3 Å². The van der Waals surface area contributed by atoms with Gasteiger partial charge in [0.2, 0.25) is 5.91 Å². The van der Waals surface area contributed by atoms with Crippen molar-refractivity contribution in [2.24, 2.45) is 0 Å². The zero-order valence-electron chi connectivity index (χ0n) is 16.3. The Bertz CT molecular complexity index is 872. The molecule has 1 aliphatic rings. The van der Waals surface area contributed by atoms with Crippen molar-refractivity contribution in [1.29, 1.82) is 0 Å². The number of rotatable bonds is 7. The van der Waals surface area contributed by atoms with E-state index in [1.165, 1.54) is 29.2 Å². The highest BCUT2D eigenvalue weighted by atomic mass is 19.1. The van der Waals surface area contributed by atoms with E-state index in [9.17, 15) is 14.0 Å². The van der Waals surface area contributed by atoms with Gasteiger partial charge in [-0.2, -0.15) is 0 Å². The molecule has 0 aliphatic carbocycles. The largest absolute Gasteiger partial charge is 0.486 e. The lowest BCUT2D eigenvalue weighted by molar-refractivity contribution is -0.140. The SMILES string of the molecule is CCN(CC(=O)Nc1ccc2c(c1)OCCO2)C(=O)[C@H](C)Oc1ccc(F)cc1. The van der Waals surface area contributed by atoms with Crippen molar-refractivity contribution in [3.63, 3.8) is 0 Å². The Balaban J connectivity index is 1.57. The smallest absolute Gasteiger partial charge is 0.263 e. The number of halogens is 1. The third-order valence-electron chi connectivity index (χ3n) is 4.33. The van der Waals surface area contributed by atoms with Crippen LogP contribution in [0.5, 0.6) is 17.2 Å². The van der Waals surface area contributed by atoms with Gasteiger partial charge in [0.15, 0.2) is 17.6 Å². The number of anilines is 1. The molecule has 1 aliphatic heterocycles. The fourth-order valence-corrected chi connectivity index (χ4v) is 2.87. The first-order chi connectivity index (χ1) is 14.0. The molecule has 7 nitrogen and oxygen atoms in total. The molecule has 154 valence electrons. The van der Waals surface area contributed by atoms with Crippen LogP contribution in [0.15, 0.2) is 42.5 Å². The van der Waals surface area contributed by atoms with E-state index in [4.69, 9.17) is 14.2 Å². The van der Waals surface area contributed by atoms with Crippen LogP contribution in [0.3, 0.4) is 0 Å². The maximum Gasteiger partial charge on any atom is 0.263 e. The topological polar surface area (TPSA) is 77.1 Å². The molecular weight excluding hydrogens is 379 g/mol. The third-order valence-corrected chi connectivity index (χ3v) is 4.33. The number of nitrogens with zero attached hydrogens (tertiary/aromatic N) is 1. The average molecular weight is 402 g/mol. The molecule has 0 saturated heterocycles. The number of hydrogen-bond acceptors (Lipinski definition) is 5. The summed E-state index contributed by atoms with van der Waals surface area (Å²) in [5.41, 5.74) is 0.554. The third kappa shape index (κ3) is 5.37. The van der Waals surface area contributed by atoms with Crippen molar-refractivity contribution in [2.75, 3.05) is 31.6 Å². The summed E-state index contributed by atoms with van der Waals surface area (Å²) in [7, 11) is 0. The quantitative estimate of drug-likeness (QED) is 0.771. The molecule has 29 heavy (non-hydrogen) atoms. The molecule has 0 unspecified atom stereocenters. The lowest BCUT2D eigenvalue weighted by atomic mass is 10.2. The number of amides is 2. The fourth-order valence-electron chi connectivity index (χ4n) is 2.87. The first-order valence-corrected chi connectivity index (χ1v) is 9.36. The van der Waals surface area contributed by atoms with Crippen LogP contribution in [0.25, 0.3) is 0 Å². The van der Waals surface area contributed by atoms with Crippen LogP contribution in [0.4, 0.5) is 10.1 Å². The first-order valence-electron chi connectivity index (χ1n) is 9.36. The lowest BCUT2D eigenvalue weighted by Gasteiger charge is -2.24. The molecule has 1 N–H and O–H groups in total. The summed E-state index contributed by atoms with van der Waals surface area (Å²) in [5, 5.41) is 2.76. The molecule has 0 saturated carbocycles. The van der Waals surface area contributed by atoms with Crippen LogP contribution in [0.1, 0.15) is 13.8 Å². The van der Waals surface area contributed by atoms with Crippen molar-refractivity contribution in [2.45, 2.75) is 20.0 Å². The molecule has 0 bridgehead atoms. The van der Waals surface area contributed by atoms with Gasteiger partial charge >= 0.3 is 0 Å². The summed E-state index contributed by atoms with van der Waals surface area (Å²) in [6, 6.07) is 10.5. The van der Waals surface area contributed by atoms with E-state index < -0.39 is 6.10 Å². The van der Waals surface area contributed by atoms with Gasteiger partial charge in [0.05, 0.1) is 6.54 Å². The van der Waals surface area contributed by atoms with E-state index in [1.54, 1.807) is 32.0 Å². The number of nitrogens with one attached hydrogen (secondary N) is 1. The molecule has 1 atom stereocenters. The number of carbonyl (C=O) groups excluding carboxylic acids is 2.